The van der Waals surface area contributed by atoms with Gasteiger partial charge in [-0.25, -0.2) is 4.68 Å². The van der Waals surface area contributed by atoms with Gasteiger partial charge in [-0.15, -0.1) is 10.2 Å². The Balaban J connectivity index is 1.26. The second-order valence-electron chi connectivity index (χ2n) is 10.7. The Morgan fingerprint density at radius 3 is 2.19 bits per heavy atom. The first kappa shape index (κ1) is 27.3. The SMILES string of the molecule is CCOc1ccccc1N=Nc1c(C)[nH]n(-c2cc(O)cc(-c3ccc(-c4ccc(C5CCCC5)cc4)cc3)c2)c1=O. The van der Waals surface area contributed by atoms with Crippen LogP contribution in [0.25, 0.3) is 27.9 Å². The van der Waals surface area contributed by atoms with Crippen LogP contribution in [0.2, 0.25) is 0 Å². The van der Waals surface area contributed by atoms with E-state index in [2.05, 4.69) is 51.7 Å². The molecule has 0 unspecified atom stereocenters. The predicted octanol–water partition coefficient (Wildman–Crippen LogP) is 8.99. The Labute approximate surface area is 245 Å². The molecule has 2 N–H and O–H groups in total. The molecule has 7 heteroatoms. The molecule has 0 atom stereocenters. The highest BCUT2D eigenvalue weighted by Crippen LogP contribution is 2.35. The van der Waals surface area contributed by atoms with Gasteiger partial charge in [-0.2, -0.15) is 0 Å². The van der Waals surface area contributed by atoms with Gasteiger partial charge in [-0.1, -0.05) is 73.5 Å². The van der Waals surface area contributed by atoms with Crippen LogP contribution in [0.3, 0.4) is 0 Å². The van der Waals surface area contributed by atoms with Crippen LogP contribution in [0, 0.1) is 6.92 Å². The number of hydrogen-bond donors (Lipinski definition) is 2. The van der Waals surface area contributed by atoms with Crippen molar-refractivity contribution in [1.29, 1.82) is 0 Å². The van der Waals surface area contributed by atoms with E-state index in [9.17, 15) is 9.90 Å². The fourth-order valence-electron chi connectivity index (χ4n) is 5.71. The molecule has 1 fully saturated rings. The summed E-state index contributed by atoms with van der Waals surface area (Å²) in [5.41, 5.74) is 6.91. The number of para-hydroxylation sites is 1. The van der Waals surface area contributed by atoms with Crippen molar-refractivity contribution in [3.05, 3.63) is 113 Å². The molecule has 42 heavy (non-hydrogen) atoms. The molecule has 1 aliphatic rings. The Morgan fingerprint density at radius 1 is 0.857 bits per heavy atom. The molecular weight excluding hydrogens is 524 g/mol. The van der Waals surface area contributed by atoms with Crippen molar-refractivity contribution < 1.29 is 9.84 Å². The van der Waals surface area contributed by atoms with Crippen LogP contribution >= 0.6 is 0 Å². The molecule has 0 radical (unpaired) electrons. The Morgan fingerprint density at radius 2 is 1.50 bits per heavy atom. The molecule has 6 rings (SSSR count). The van der Waals surface area contributed by atoms with E-state index >= 15 is 0 Å². The molecule has 0 amide bonds. The van der Waals surface area contributed by atoms with Gasteiger partial charge in [0.15, 0.2) is 5.69 Å². The summed E-state index contributed by atoms with van der Waals surface area (Å²) in [6.07, 6.45) is 5.25. The molecule has 7 nitrogen and oxygen atoms in total. The highest BCUT2D eigenvalue weighted by molar-refractivity contribution is 5.73. The number of phenols is 1. The third-order valence-corrected chi connectivity index (χ3v) is 7.91. The molecular formula is C35H34N4O3. The van der Waals surface area contributed by atoms with Crippen molar-refractivity contribution in [1.82, 2.24) is 9.78 Å². The number of azo groups is 1. The summed E-state index contributed by atoms with van der Waals surface area (Å²) < 4.78 is 6.99. The number of H-pyrrole nitrogens is 1. The normalized spacial score (nSPS) is 13.7. The fraction of sp³-hybridized carbons (Fsp3) is 0.229. The molecule has 5 aromatic rings. The highest BCUT2D eigenvalue weighted by Gasteiger charge is 2.17. The van der Waals surface area contributed by atoms with Gasteiger partial charge in [0.2, 0.25) is 0 Å². The first-order valence-electron chi connectivity index (χ1n) is 14.5. The van der Waals surface area contributed by atoms with E-state index in [0.29, 0.717) is 35.3 Å². The summed E-state index contributed by atoms with van der Waals surface area (Å²) in [6, 6.07) is 29.6. The zero-order valence-electron chi connectivity index (χ0n) is 23.9. The van der Waals surface area contributed by atoms with Gasteiger partial charge < -0.3 is 9.84 Å². The fourth-order valence-corrected chi connectivity index (χ4v) is 5.71. The monoisotopic (exact) mass is 558 g/mol. The number of ether oxygens (including phenoxy) is 1. The molecule has 212 valence electrons. The maximum absolute atomic E-state index is 13.4. The van der Waals surface area contributed by atoms with E-state index in [1.54, 1.807) is 25.1 Å². The van der Waals surface area contributed by atoms with E-state index in [1.165, 1.54) is 41.5 Å². The van der Waals surface area contributed by atoms with Gasteiger partial charge in [-0.3, -0.25) is 9.89 Å². The number of aromatic amines is 1. The second-order valence-corrected chi connectivity index (χ2v) is 10.7. The van der Waals surface area contributed by atoms with Crippen LogP contribution in [0.15, 0.2) is 106 Å². The minimum atomic E-state index is -0.363. The summed E-state index contributed by atoms with van der Waals surface area (Å²) >= 11 is 0. The zero-order valence-corrected chi connectivity index (χ0v) is 23.9. The lowest BCUT2D eigenvalue weighted by atomic mass is 9.94. The summed E-state index contributed by atoms with van der Waals surface area (Å²) in [5, 5.41) is 22.2. The van der Waals surface area contributed by atoms with E-state index in [0.717, 1.165) is 16.7 Å². The number of phenolic OH excluding ortho intramolecular Hbond substituents is 1. The topological polar surface area (TPSA) is 92.0 Å². The standard InChI is InChI=1S/C35H34N4O3/c1-3-42-33-11-7-6-10-32(33)36-37-34-23(2)38-39(35(34)41)30-20-29(21-31(40)22-30)28-18-16-27(17-19-28)26-14-12-25(13-15-26)24-8-4-5-9-24/h6-7,10-22,24,38,40H,3-5,8-9H2,1-2H3. The number of aryl methyl sites for hydroxylation is 1. The van der Waals surface area contributed by atoms with Crippen molar-refractivity contribution >= 4 is 11.4 Å². The van der Waals surface area contributed by atoms with Crippen molar-refractivity contribution in [2.45, 2.75) is 45.4 Å². The van der Waals surface area contributed by atoms with E-state index in [4.69, 9.17) is 4.74 Å². The third kappa shape index (κ3) is 5.63. The molecule has 0 spiro atoms. The average Bonchev–Trinajstić information content (AvgIpc) is 3.65. The van der Waals surface area contributed by atoms with Gasteiger partial charge in [0.05, 0.1) is 18.0 Å². The molecule has 4 aromatic carbocycles. The largest absolute Gasteiger partial charge is 0.508 e. The Kier molecular flexibility index (Phi) is 7.73. The van der Waals surface area contributed by atoms with Crippen LogP contribution in [0.5, 0.6) is 11.5 Å². The predicted molar refractivity (Wildman–Crippen MR) is 167 cm³/mol. The van der Waals surface area contributed by atoms with Crippen molar-refractivity contribution in [2.75, 3.05) is 6.61 Å². The van der Waals surface area contributed by atoms with Crippen LogP contribution in [0.1, 0.15) is 49.8 Å². The first-order chi connectivity index (χ1) is 20.5. The smallest absolute Gasteiger partial charge is 0.299 e. The third-order valence-electron chi connectivity index (χ3n) is 7.91. The van der Waals surface area contributed by atoms with Crippen molar-refractivity contribution in [2.24, 2.45) is 10.2 Å². The van der Waals surface area contributed by atoms with Crippen molar-refractivity contribution in [3.63, 3.8) is 0 Å². The molecule has 1 saturated carbocycles. The van der Waals surface area contributed by atoms with Crippen LogP contribution in [-0.2, 0) is 0 Å². The summed E-state index contributed by atoms with van der Waals surface area (Å²) in [7, 11) is 0. The van der Waals surface area contributed by atoms with Gasteiger partial charge in [0, 0.05) is 6.07 Å². The molecule has 1 heterocycles. The number of nitrogens with one attached hydrogen (secondary N) is 1. The van der Waals surface area contributed by atoms with Gasteiger partial charge >= 0.3 is 0 Å². The number of rotatable bonds is 8. The molecule has 1 aliphatic carbocycles. The Hall–Kier alpha value is -4.91. The maximum Gasteiger partial charge on any atom is 0.299 e. The second kappa shape index (κ2) is 11.9. The zero-order chi connectivity index (χ0) is 29.1. The van der Waals surface area contributed by atoms with Crippen LogP contribution in [0.4, 0.5) is 11.4 Å². The number of aromatic hydroxyl groups is 1. The van der Waals surface area contributed by atoms with Crippen LogP contribution < -0.4 is 10.3 Å². The molecule has 0 bridgehead atoms. The average molecular weight is 559 g/mol. The summed E-state index contributed by atoms with van der Waals surface area (Å²) in [5.74, 6) is 1.36. The first-order valence-corrected chi connectivity index (χ1v) is 14.5. The van der Waals surface area contributed by atoms with Gasteiger partial charge in [-0.05, 0) is 84.7 Å². The number of nitrogens with zero attached hydrogens (tertiary/aromatic N) is 3. The molecule has 1 aromatic heterocycles. The number of hydrogen-bond acceptors (Lipinski definition) is 5. The van der Waals surface area contributed by atoms with Gasteiger partial charge in [0.25, 0.3) is 5.56 Å². The minimum absolute atomic E-state index is 0.0575. The Bertz CT molecular complexity index is 1780. The maximum atomic E-state index is 13.4. The summed E-state index contributed by atoms with van der Waals surface area (Å²) in [6.45, 7) is 4.16. The lowest BCUT2D eigenvalue weighted by molar-refractivity contribution is 0.341. The lowest BCUT2D eigenvalue weighted by Crippen LogP contribution is -2.14. The highest BCUT2D eigenvalue weighted by atomic mass is 16.5. The minimum Gasteiger partial charge on any atom is -0.508 e. The molecule has 0 saturated heterocycles. The quantitative estimate of drug-likeness (QED) is 0.186. The summed E-state index contributed by atoms with van der Waals surface area (Å²) in [4.78, 5) is 13.4. The molecule has 0 aliphatic heterocycles. The van der Waals surface area contributed by atoms with Crippen molar-refractivity contribution in [3.8, 4) is 39.4 Å². The van der Waals surface area contributed by atoms with E-state index < -0.39 is 0 Å². The van der Waals surface area contributed by atoms with E-state index in [-0.39, 0.29) is 17.0 Å². The number of benzene rings is 4. The lowest BCUT2D eigenvalue weighted by Gasteiger charge is -2.11. The number of aromatic nitrogens is 2. The van der Waals surface area contributed by atoms with Gasteiger partial charge in [0.1, 0.15) is 17.2 Å². The van der Waals surface area contributed by atoms with Crippen LogP contribution in [-0.4, -0.2) is 21.5 Å². The van der Waals surface area contributed by atoms with E-state index in [1.807, 2.05) is 43.3 Å².